The molecule has 3 unspecified atom stereocenters. The molecule has 3 fully saturated rings. The summed E-state index contributed by atoms with van der Waals surface area (Å²) in [5, 5.41) is 10.0. The van der Waals surface area contributed by atoms with Gasteiger partial charge in [0.05, 0.1) is 35.8 Å². The summed E-state index contributed by atoms with van der Waals surface area (Å²) in [6, 6.07) is -1.22. The number of halogens is 1. The van der Waals surface area contributed by atoms with Crippen molar-refractivity contribution in [1.82, 2.24) is 9.80 Å². The summed E-state index contributed by atoms with van der Waals surface area (Å²) in [7, 11) is 0. The van der Waals surface area contributed by atoms with Crippen molar-refractivity contribution in [1.29, 1.82) is 0 Å². The summed E-state index contributed by atoms with van der Waals surface area (Å²) in [5.41, 5.74) is 0. The number of ether oxygens (including phenoxy) is 1. The van der Waals surface area contributed by atoms with Crippen LogP contribution in [0.1, 0.15) is 52.4 Å². The summed E-state index contributed by atoms with van der Waals surface area (Å²) in [5.74, 6) is -1.98. The summed E-state index contributed by atoms with van der Waals surface area (Å²) < 4.78 is 4.81. The number of carbonyl (C=O) groups is 3. The molecular weight excluding hydrogens is 532 g/mol. The van der Waals surface area contributed by atoms with Crippen LogP contribution in [0.5, 0.6) is 0 Å². The Balaban J connectivity index is 2.02. The Morgan fingerprint density at radius 1 is 1.34 bits per heavy atom. The minimum absolute atomic E-state index is 0.00842. The fourth-order valence-corrected chi connectivity index (χ4v) is 9.52. The number of carbonyl (C=O) groups excluding carboxylic acids is 3. The summed E-state index contributed by atoms with van der Waals surface area (Å²) in [4.78, 5) is 44.8. The molecule has 7 atom stereocenters. The largest absolute Gasteiger partial charge is 0.465 e. The van der Waals surface area contributed by atoms with E-state index in [1.54, 1.807) is 33.7 Å². The van der Waals surface area contributed by atoms with Crippen molar-refractivity contribution >= 4 is 45.5 Å². The van der Waals surface area contributed by atoms with Gasteiger partial charge in [0.15, 0.2) is 0 Å². The van der Waals surface area contributed by atoms with E-state index in [1.165, 1.54) is 0 Å². The quantitative estimate of drug-likeness (QED) is 0.149. The molecular formula is C26H39BrN2O5S. The maximum atomic E-state index is 14.2. The van der Waals surface area contributed by atoms with E-state index >= 15 is 0 Å². The van der Waals surface area contributed by atoms with Gasteiger partial charge in [0, 0.05) is 23.2 Å². The summed E-state index contributed by atoms with van der Waals surface area (Å²) >= 11 is 5.35. The van der Waals surface area contributed by atoms with Gasteiger partial charge in [-0.25, -0.2) is 0 Å². The molecule has 35 heavy (non-hydrogen) atoms. The van der Waals surface area contributed by atoms with Crippen molar-refractivity contribution in [2.24, 2.45) is 11.8 Å². The lowest BCUT2D eigenvalue weighted by molar-refractivity contribution is -0.154. The molecule has 1 N–H and O–H groups in total. The van der Waals surface area contributed by atoms with Gasteiger partial charge in [-0.15, -0.1) is 24.9 Å². The van der Waals surface area contributed by atoms with Gasteiger partial charge in [0.25, 0.3) is 0 Å². The van der Waals surface area contributed by atoms with Gasteiger partial charge in [-0.1, -0.05) is 54.8 Å². The molecule has 2 bridgehead atoms. The number of amides is 2. The highest BCUT2D eigenvalue weighted by molar-refractivity contribution is 9.09. The summed E-state index contributed by atoms with van der Waals surface area (Å²) in [6.45, 7) is 12.5. The van der Waals surface area contributed by atoms with Crippen LogP contribution in [-0.2, 0) is 19.1 Å². The topological polar surface area (TPSA) is 87.2 Å². The van der Waals surface area contributed by atoms with Gasteiger partial charge in [-0.3, -0.25) is 14.4 Å². The normalized spacial score (nSPS) is 31.8. The highest BCUT2D eigenvalue weighted by Crippen LogP contribution is 2.68. The Bertz CT molecular complexity index is 822. The van der Waals surface area contributed by atoms with E-state index in [1.807, 2.05) is 6.92 Å². The van der Waals surface area contributed by atoms with Crippen LogP contribution in [0.15, 0.2) is 25.3 Å². The number of hydrogen-bond acceptors (Lipinski definition) is 6. The van der Waals surface area contributed by atoms with Crippen molar-refractivity contribution < 1.29 is 24.2 Å². The number of likely N-dealkylation sites (tertiary alicyclic amines) is 1. The number of alkyl halides is 1. The predicted molar refractivity (Wildman–Crippen MR) is 142 cm³/mol. The third-order valence-corrected chi connectivity index (χ3v) is 10.8. The lowest BCUT2D eigenvalue weighted by Crippen LogP contribution is -2.57. The molecule has 0 aliphatic carbocycles. The number of fused-ring (bicyclic) bond motifs is 1. The van der Waals surface area contributed by atoms with E-state index in [-0.39, 0.29) is 41.1 Å². The molecule has 3 saturated heterocycles. The minimum atomic E-state index is -0.736. The van der Waals surface area contributed by atoms with Crippen molar-refractivity contribution in [3.63, 3.8) is 0 Å². The Morgan fingerprint density at radius 3 is 2.69 bits per heavy atom. The Kier molecular flexibility index (Phi) is 9.91. The Labute approximate surface area is 221 Å². The number of esters is 1. The third-order valence-electron chi connectivity index (χ3n) is 7.57. The van der Waals surface area contributed by atoms with Crippen LogP contribution in [0, 0.1) is 11.8 Å². The maximum absolute atomic E-state index is 14.2. The number of unbranched alkanes of at least 4 members (excludes halogenated alkanes) is 2. The van der Waals surface area contributed by atoms with E-state index in [0.29, 0.717) is 32.4 Å². The van der Waals surface area contributed by atoms with Gasteiger partial charge < -0.3 is 19.6 Å². The molecule has 9 heteroatoms. The highest BCUT2D eigenvalue weighted by Gasteiger charge is 2.76. The van der Waals surface area contributed by atoms with Gasteiger partial charge in [0.1, 0.15) is 6.04 Å². The molecule has 1 spiro atoms. The SMILES string of the molecule is C=CCCOC(=O)[C@H]1[C@@H]2SC3(CC2Br)C(C(=O)N(CC=C)CCCCC)N([C@@H](CC)CO)C(=O)[C@H]13. The Hall–Kier alpha value is -1.32. The molecule has 196 valence electrons. The predicted octanol–water partition coefficient (Wildman–Crippen LogP) is 3.55. The standard InChI is InChI=1S/C26H39BrN2O5S/c1-5-9-11-13-28(12-7-3)24(32)22-26-15-18(27)21(35-26)19(25(33)34-14-10-6-2)20(26)23(31)29(22)17(8-4)16-30/h6-7,17-22,30H,2-3,5,8-16H2,1,4H3/t17-,18?,19+,20-,21+,22?,26?/m0/s1. The zero-order valence-corrected chi connectivity index (χ0v) is 23.3. The first kappa shape index (κ1) is 28.3. The average molecular weight is 572 g/mol. The van der Waals surface area contributed by atoms with Crippen LogP contribution in [0.4, 0.5) is 0 Å². The van der Waals surface area contributed by atoms with Crippen LogP contribution >= 0.6 is 27.7 Å². The number of aliphatic hydroxyl groups excluding tert-OH is 1. The fourth-order valence-electron chi connectivity index (χ4n) is 5.94. The van der Waals surface area contributed by atoms with Crippen LogP contribution in [-0.4, -0.2) is 85.9 Å². The number of aliphatic hydroxyl groups is 1. The van der Waals surface area contributed by atoms with Crippen LogP contribution in [0.25, 0.3) is 0 Å². The van der Waals surface area contributed by atoms with Gasteiger partial charge in [-0.05, 0) is 25.7 Å². The molecule has 3 aliphatic rings. The second-order valence-corrected chi connectivity index (χ2v) is 12.4. The number of hydrogen-bond donors (Lipinski definition) is 1. The van der Waals surface area contributed by atoms with Crippen molar-refractivity contribution in [2.45, 2.75) is 79.3 Å². The number of rotatable bonds is 14. The molecule has 3 rings (SSSR count). The maximum Gasteiger partial charge on any atom is 0.310 e. The van der Waals surface area contributed by atoms with Crippen LogP contribution in [0.3, 0.4) is 0 Å². The Morgan fingerprint density at radius 2 is 2.09 bits per heavy atom. The van der Waals surface area contributed by atoms with Gasteiger partial charge >= 0.3 is 5.97 Å². The highest BCUT2D eigenvalue weighted by atomic mass is 79.9. The second kappa shape index (κ2) is 12.3. The fraction of sp³-hybridized carbons (Fsp3) is 0.731. The van der Waals surface area contributed by atoms with Crippen molar-refractivity contribution in [3.8, 4) is 0 Å². The van der Waals surface area contributed by atoms with Gasteiger partial charge in [-0.2, -0.15) is 0 Å². The molecule has 3 heterocycles. The monoisotopic (exact) mass is 570 g/mol. The van der Waals surface area contributed by atoms with E-state index in [4.69, 9.17) is 4.74 Å². The number of thioether (sulfide) groups is 1. The lowest BCUT2D eigenvalue weighted by atomic mass is 9.71. The first-order valence-corrected chi connectivity index (χ1v) is 14.5. The smallest absolute Gasteiger partial charge is 0.310 e. The van der Waals surface area contributed by atoms with Gasteiger partial charge in [0.2, 0.25) is 11.8 Å². The molecule has 3 aliphatic heterocycles. The van der Waals surface area contributed by atoms with Crippen molar-refractivity contribution in [3.05, 3.63) is 25.3 Å². The van der Waals surface area contributed by atoms with Crippen LogP contribution < -0.4 is 0 Å². The van der Waals surface area contributed by atoms with E-state index < -0.39 is 28.7 Å². The second-order valence-electron chi connectivity index (χ2n) is 9.68. The molecule has 0 aromatic carbocycles. The minimum Gasteiger partial charge on any atom is -0.465 e. The van der Waals surface area contributed by atoms with Crippen LogP contribution in [0.2, 0.25) is 0 Å². The van der Waals surface area contributed by atoms with E-state index in [2.05, 4.69) is 36.0 Å². The van der Waals surface area contributed by atoms with E-state index in [0.717, 1.165) is 19.3 Å². The number of nitrogens with zero attached hydrogens (tertiary/aromatic N) is 2. The molecule has 2 amide bonds. The first-order chi connectivity index (χ1) is 16.8. The van der Waals surface area contributed by atoms with Crippen molar-refractivity contribution in [2.75, 3.05) is 26.3 Å². The third kappa shape index (κ3) is 5.10. The molecule has 0 aromatic heterocycles. The lowest BCUT2D eigenvalue weighted by Gasteiger charge is -2.39. The molecule has 0 saturated carbocycles. The summed E-state index contributed by atoms with van der Waals surface area (Å²) in [6.07, 6.45) is 8.00. The zero-order valence-electron chi connectivity index (χ0n) is 20.9. The van der Waals surface area contributed by atoms with E-state index in [9.17, 15) is 19.5 Å². The first-order valence-electron chi connectivity index (χ1n) is 12.7. The molecule has 7 nitrogen and oxygen atoms in total. The average Bonchev–Trinajstić information content (AvgIpc) is 3.43. The zero-order chi connectivity index (χ0) is 25.8. The molecule has 0 aromatic rings. The molecule has 0 radical (unpaired) electrons.